The van der Waals surface area contributed by atoms with Crippen molar-refractivity contribution in [1.29, 1.82) is 0 Å². The largest absolute Gasteiger partial charge is 0.478 e. The minimum Gasteiger partial charge on any atom is -0.478 e. The van der Waals surface area contributed by atoms with Gasteiger partial charge in [-0.3, -0.25) is 4.79 Å². The van der Waals surface area contributed by atoms with Crippen LogP contribution in [0.5, 0.6) is 0 Å². The molecule has 1 rings (SSSR count). The van der Waals surface area contributed by atoms with Crippen molar-refractivity contribution in [3.63, 3.8) is 0 Å². The number of carboxylic acid groups (broad SMARTS) is 1. The van der Waals surface area contributed by atoms with Crippen LogP contribution < -0.4 is 11.1 Å². The molecule has 1 radical (unpaired) electrons. The van der Waals surface area contributed by atoms with Crippen LogP contribution >= 0.6 is 0 Å². The first-order valence-corrected chi connectivity index (χ1v) is 4.15. The monoisotopic (exact) mass is 213 g/mol. The maximum atomic E-state index is 11.1. The predicted molar refractivity (Wildman–Crippen MR) is 62.0 cm³/mol. The summed E-state index contributed by atoms with van der Waals surface area (Å²) in [5.41, 5.74) is 6.60. The topological polar surface area (TPSA) is 92.4 Å². The molecular weight excluding hydrogens is 203 g/mol. The molecule has 0 aliphatic heterocycles. The van der Waals surface area contributed by atoms with Gasteiger partial charge in [-0.2, -0.15) is 0 Å². The van der Waals surface area contributed by atoms with Crippen molar-refractivity contribution in [2.45, 2.75) is 0 Å². The summed E-state index contributed by atoms with van der Waals surface area (Å²) in [6.45, 7) is 0. The van der Waals surface area contributed by atoms with Gasteiger partial charge in [-0.15, -0.1) is 0 Å². The number of rotatable bonds is 3. The molecule has 16 heavy (non-hydrogen) atoms. The van der Waals surface area contributed by atoms with Gasteiger partial charge >= 0.3 is 5.97 Å². The van der Waals surface area contributed by atoms with Gasteiger partial charge in [-0.1, -0.05) is 0 Å². The average molecular weight is 213 g/mol. The number of carboxylic acids is 1. The van der Waals surface area contributed by atoms with Gasteiger partial charge in [0.25, 0.3) is 0 Å². The van der Waals surface area contributed by atoms with E-state index in [9.17, 15) is 9.59 Å². The van der Waals surface area contributed by atoms with E-state index < -0.39 is 11.9 Å². The summed E-state index contributed by atoms with van der Waals surface area (Å²) in [5, 5.41) is 10.8. The van der Waals surface area contributed by atoms with Gasteiger partial charge in [0.2, 0.25) is 5.91 Å². The van der Waals surface area contributed by atoms with E-state index in [1.54, 1.807) is 24.3 Å². The molecule has 4 N–H and O–H groups in total. The second-order valence-electron chi connectivity index (χ2n) is 2.78. The predicted octanol–water partition coefficient (Wildman–Crippen LogP) is 0.467. The fourth-order valence-electron chi connectivity index (χ4n) is 0.897. The Balaban J connectivity index is 0.00000225. The maximum Gasteiger partial charge on any atom is 0.328 e. The molecule has 0 aromatic heterocycles. The molecule has 0 bridgehead atoms. The third-order valence-electron chi connectivity index (χ3n) is 1.56. The van der Waals surface area contributed by atoms with Crippen LogP contribution in [0.25, 0.3) is 0 Å². The Bertz CT molecular complexity index is 401. The first-order valence-electron chi connectivity index (χ1n) is 4.15. The van der Waals surface area contributed by atoms with Crippen LogP contribution in [0.15, 0.2) is 36.4 Å². The number of nitrogens with two attached hydrogens (primary N) is 1. The van der Waals surface area contributed by atoms with E-state index in [-0.39, 0.29) is 18.9 Å². The van der Waals surface area contributed by atoms with Gasteiger partial charge in [0.15, 0.2) is 0 Å². The standard InChI is InChI=1S/C10H10N2O3.Li/c11-7-1-3-8(4-2-7)12-9(13)5-6-10(14)15;/h1-6H,11H2,(H,12,13)(H,14,15);/b6-5-;. The first kappa shape index (κ1) is 14.3. The molecule has 6 heteroatoms. The Labute approximate surface area is 105 Å². The molecule has 79 valence electrons. The number of anilines is 2. The van der Waals surface area contributed by atoms with Crippen LogP contribution in [-0.2, 0) is 9.59 Å². The SMILES string of the molecule is Nc1ccc(NC(=O)/C=C\C(=O)O)cc1.[Li]. The van der Waals surface area contributed by atoms with Crippen LogP contribution in [-0.4, -0.2) is 35.8 Å². The van der Waals surface area contributed by atoms with Crippen LogP contribution in [0, 0.1) is 0 Å². The fraction of sp³-hybridized carbons (Fsp3) is 0. The number of carbonyl (C=O) groups is 2. The zero-order valence-electron chi connectivity index (χ0n) is 8.81. The molecule has 0 fully saturated rings. The Morgan fingerprint density at radius 3 is 2.25 bits per heavy atom. The molecule has 0 heterocycles. The summed E-state index contributed by atoms with van der Waals surface area (Å²) in [7, 11) is 0. The molecule has 1 amide bonds. The van der Waals surface area contributed by atoms with E-state index in [2.05, 4.69) is 5.32 Å². The number of aliphatic carboxylic acids is 1. The Kier molecular flexibility index (Phi) is 6.01. The third-order valence-corrected chi connectivity index (χ3v) is 1.56. The van der Waals surface area contributed by atoms with Crippen LogP contribution in [0.1, 0.15) is 0 Å². The van der Waals surface area contributed by atoms with Crippen LogP contribution in [0.2, 0.25) is 0 Å². The van der Waals surface area contributed by atoms with E-state index in [1.165, 1.54) is 0 Å². The number of hydrogen-bond donors (Lipinski definition) is 3. The van der Waals surface area contributed by atoms with Gasteiger partial charge in [-0.25, -0.2) is 4.79 Å². The third kappa shape index (κ3) is 5.25. The molecule has 0 saturated carbocycles. The molecular formula is C10H10LiN2O3. The summed E-state index contributed by atoms with van der Waals surface area (Å²) in [4.78, 5) is 21.2. The summed E-state index contributed by atoms with van der Waals surface area (Å²) in [5.74, 6) is -1.66. The van der Waals surface area contributed by atoms with Crippen molar-refractivity contribution in [3.8, 4) is 0 Å². The number of benzene rings is 1. The summed E-state index contributed by atoms with van der Waals surface area (Å²) >= 11 is 0. The smallest absolute Gasteiger partial charge is 0.328 e. The van der Waals surface area contributed by atoms with E-state index >= 15 is 0 Å². The summed E-state index contributed by atoms with van der Waals surface area (Å²) in [6.07, 6.45) is 1.71. The van der Waals surface area contributed by atoms with E-state index in [1.807, 2.05) is 0 Å². The number of hydrogen-bond acceptors (Lipinski definition) is 3. The Hall–Kier alpha value is -1.70. The maximum absolute atomic E-state index is 11.1. The molecule has 1 aromatic rings. The average Bonchev–Trinajstić information content (AvgIpc) is 2.19. The van der Waals surface area contributed by atoms with Crippen LogP contribution in [0.3, 0.4) is 0 Å². The molecule has 0 aliphatic rings. The van der Waals surface area contributed by atoms with Gasteiger partial charge in [0, 0.05) is 42.4 Å². The van der Waals surface area contributed by atoms with Crippen molar-refractivity contribution in [2.75, 3.05) is 11.1 Å². The Morgan fingerprint density at radius 1 is 1.19 bits per heavy atom. The van der Waals surface area contributed by atoms with Crippen LogP contribution in [0.4, 0.5) is 11.4 Å². The van der Waals surface area contributed by atoms with Gasteiger partial charge < -0.3 is 16.2 Å². The quantitative estimate of drug-likeness (QED) is 0.386. The van der Waals surface area contributed by atoms with Gasteiger partial charge in [0.1, 0.15) is 0 Å². The number of amides is 1. The van der Waals surface area contributed by atoms with E-state index in [0.717, 1.165) is 12.2 Å². The minimum atomic E-state index is -1.16. The molecule has 0 saturated heterocycles. The first-order chi connectivity index (χ1) is 7.08. The van der Waals surface area contributed by atoms with E-state index in [4.69, 9.17) is 10.8 Å². The summed E-state index contributed by atoms with van der Waals surface area (Å²) < 4.78 is 0. The number of carbonyl (C=O) groups excluding carboxylic acids is 1. The van der Waals surface area contributed by atoms with E-state index in [0.29, 0.717) is 11.4 Å². The molecule has 1 aromatic carbocycles. The second kappa shape index (κ2) is 6.72. The normalized spacial score (nSPS) is 9.50. The van der Waals surface area contributed by atoms with Crippen molar-refractivity contribution in [1.82, 2.24) is 0 Å². The second-order valence-corrected chi connectivity index (χ2v) is 2.78. The molecule has 5 nitrogen and oxygen atoms in total. The molecule has 0 atom stereocenters. The van der Waals surface area contributed by atoms with Crippen molar-refractivity contribution < 1.29 is 14.7 Å². The molecule has 0 aliphatic carbocycles. The molecule has 0 unspecified atom stereocenters. The number of nitrogens with one attached hydrogen (secondary N) is 1. The zero-order chi connectivity index (χ0) is 11.3. The van der Waals surface area contributed by atoms with Crippen molar-refractivity contribution in [2.24, 2.45) is 0 Å². The van der Waals surface area contributed by atoms with Crippen molar-refractivity contribution in [3.05, 3.63) is 36.4 Å². The fourth-order valence-corrected chi connectivity index (χ4v) is 0.897. The Morgan fingerprint density at radius 2 is 1.75 bits per heavy atom. The van der Waals surface area contributed by atoms with Gasteiger partial charge in [-0.05, 0) is 24.3 Å². The minimum absolute atomic E-state index is 0. The van der Waals surface area contributed by atoms with Gasteiger partial charge in [0.05, 0.1) is 0 Å². The van der Waals surface area contributed by atoms with Crippen molar-refractivity contribution >= 4 is 42.1 Å². The zero-order valence-corrected chi connectivity index (χ0v) is 8.81. The summed E-state index contributed by atoms with van der Waals surface area (Å²) in [6, 6.07) is 6.52. The number of nitrogen functional groups attached to an aromatic ring is 1. The molecule has 0 spiro atoms.